The maximum absolute atomic E-state index is 13.6. The molecule has 0 saturated carbocycles. The summed E-state index contributed by atoms with van der Waals surface area (Å²) in [5.74, 6) is 0. The van der Waals surface area contributed by atoms with Gasteiger partial charge in [-0.1, -0.05) is 30.3 Å². The van der Waals surface area contributed by atoms with E-state index in [1.54, 1.807) is 26.2 Å². The van der Waals surface area contributed by atoms with Crippen molar-refractivity contribution in [1.82, 2.24) is 4.98 Å². The number of hydrogen-bond acceptors (Lipinski definition) is 1. The smallest absolute Gasteiger partial charge is 0.130 e. The van der Waals surface area contributed by atoms with Gasteiger partial charge in [-0.25, -0.2) is 4.39 Å². The van der Waals surface area contributed by atoms with Gasteiger partial charge >= 0.3 is 0 Å². The molecule has 0 saturated heterocycles. The van der Waals surface area contributed by atoms with Crippen molar-refractivity contribution in [3.63, 3.8) is 0 Å². The summed E-state index contributed by atoms with van der Waals surface area (Å²) in [7, 11) is 0. The standard InChI is InChI=1S/C14H14FN/c1-14(2,15)13-7-5-11(6-8-13)12-4-3-9-16-10-12/h3-10H,1-2H3. The maximum Gasteiger partial charge on any atom is 0.130 e. The van der Waals surface area contributed by atoms with Crippen molar-refractivity contribution in [3.8, 4) is 11.1 Å². The zero-order valence-electron chi connectivity index (χ0n) is 9.44. The highest BCUT2D eigenvalue weighted by molar-refractivity contribution is 5.62. The zero-order valence-corrected chi connectivity index (χ0v) is 9.44. The molecule has 82 valence electrons. The number of pyridine rings is 1. The van der Waals surface area contributed by atoms with Crippen LogP contribution < -0.4 is 0 Å². The highest BCUT2D eigenvalue weighted by atomic mass is 19.1. The van der Waals surface area contributed by atoms with Crippen molar-refractivity contribution in [3.05, 3.63) is 54.4 Å². The first-order valence-corrected chi connectivity index (χ1v) is 5.27. The lowest BCUT2D eigenvalue weighted by molar-refractivity contribution is 0.221. The third kappa shape index (κ3) is 2.27. The Morgan fingerprint density at radius 3 is 2.19 bits per heavy atom. The van der Waals surface area contributed by atoms with Crippen LogP contribution in [0.3, 0.4) is 0 Å². The molecule has 0 fully saturated rings. The van der Waals surface area contributed by atoms with Gasteiger partial charge in [-0.05, 0) is 36.6 Å². The highest BCUT2D eigenvalue weighted by Gasteiger charge is 2.17. The number of halogens is 1. The summed E-state index contributed by atoms with van der Waals surface area (Å²) in [6.07, 6.45) is 3.54. The molecular formula is C14H14FN. The molecule has 0 amide bonds. The van der Waals surface area contributed by atoms with Gasteiger partial charge in [0.2, 0.25) is 0 Å². The second kappa shape index (κ2) is 4.05. The lowest BCUT2D eigenvalue weighted by Gasteiger charge is -2.14. The predicted molar refractivity (Wildman–Crippen MR) is 63.8 cm³/mol. The zero-order chi connectivity index (χ0) is 11.6. The third-order valence-electron chi connectivity index (χ3n) is 2.57. The fourth-order valence-corrected chi connectivity index (χ4v) is 1.59. The van der Waals surface area contributed by atoms with Gasteiger partial charge in [0.1, 0.15) is 5.67 Å². The number of alkyl halides is 1. The Kier molecular flexibility index (Phi) is 2.73. The van der Waals surface area contributed by atoms with Gasteiger partial charge in [-0.15, -0.1) is 0 Å². The summed E-state index contributed by atoms with van der Waals surface area (Å²) >= 11 is 0. The van der Waals surface area contributed by atoms with E-state index in [2.05, 4.69) is 4.98 Å². The molecular weight excluding hydrogens is 201 g/mol. The van der Waals surface area contributed by atoms with Gasteiger partial charge in [0.05, 0.1) is 0 Å². The highest BCUT2D eigenvalue weighted by Crippen LogP contribution is 2.27. The minimum absolute atomic E-state index is 0.695. The third-order valence-corrected chi connectivity index (χ3v) is 2.57. The topological polar surface area (TPSA) is 12.9 Å². The number of benzene rings is 1. The van der Waals surface area contributed by atoms with Crippen LogP contribution in [0.25, 0.3) is 11.1 Å². The van der Waals surface area contributed by atoms with Gasteiger partial charge in [0.15, 0.2) is 0 Å². The van der Waals surface area contributed by atoms with Gasteiger partial charge in [-0.2, -0.15) is 0 Å². The van der Waals surface area contributed by atoms with Crippen LogP contribution in [0.15, 0.2) is 48.8 Å². The average molecular weight is 215 g/mol. The Labute approximate surface area is 95.0 Å². The van der Waals surface area contributed by atoms with E-state index in [9.17, 15) is 4.39 Å². The fraction of sp³-hybridized carbons (Fsp3) is 0.214. The summed E-state index contributed by atoms with van der Waals surface area (Å²) in [5.41, 5.74) is 1.51. The Morgan fingerprint density at radius 1 is 1.00 bits per heavy atom. The SMILES string of the molecule is CC(C)(F)c1ccc(-c2cccnc2)cc1. The van der Waals surface area contributed by atoms with E-state index in [0.29, 0.717) is 5.56 Å². The minimum atomic E-state index is -1.28. The van der Waals surface area contributed by atoms with Crippen molar-refractivity contribution < 1.29 is 4.39 Å². The van der Waals surface area contributed by atoms with Crippen molar-refractivity contribution in [2.75, 3.05) is 0 Å². The van der Waals surface area contributed by atoms with Crippen molar-refractivity contribution in [2.24, 2.45) is 0 Å². The molecule has 0 aliphatic carbocycles. The summed E-state index contributed by atoms with van der Waals surface area (Å²) in [4.78, 5) is 4.06. The minimum Gasteiger partial charge on any atom is -0.264 e. The Morgan fingerprint density at radius 2 is 1.69 bits per heavy atom. The maximum atomic E-state index is 13.6. The first kappa shape index (κ1) is 10.8. The van der Waals surface area contributed by atoms with Crippen molar-refractivity contribution in [2.45, 2.75) is 19.5 Å². The summed E-state index contributed by atoms with van der Waals surface area (Å²) in [6, 6.07) is 11.4. The molecule has 1 heterocycles. The monoisotopic (exact) mass is 215 g/mol. The van der Waals surface area contributed by atoms with E-state index in [4.69, 9.17) is 0 Å². The van der Waals surface area contributed by atoms with Crippen molar-refractivity contribution in [1.29, 1.82) is 0 Å². The van der Waals surface area contributed by atoms with E-state index in [0.717, 1.165) is 11.1 Å². The van der Waals surface area contributed by atoms with Gasteiger partial charge in [0, 0.05) is 12.4 Å². The van der Waals surface area contributed by atoms with Crippen LogP contribution >= 0.6 is 0 Å². The average Bonchev–Trinajstić information content (AvgIpc) is 2.29. The molecule has 0 aliphatic heterocycles. The first-order chi connectivity index (χ1) is 7.57. The van der Waals surface area contributed by atoms with E-state index in [1.807, 2.05) is 36.4 Å². The normalized spacial score (nSPS) is 11.4. The molecule has 0 N–H and O–H groups in total. The summed E-state index contributed by atoms with van der Waals surface area (Å²) < 4.78 is 13.6. The number of rotatable bonds is 2. The first-order valence-electron chi connectivity index (χ1n) is 5.27. The molecule has 0 spiro atoms. The number of hydrogen-bond donors (Lipinski definition) is 0. The number of aromatic nitrogens is 1. The molecule has 1 aromatic carbocycles. The Hall–Kier alpha value is -1.70. The van der Waals surface area contributed by atoms with E-state index < -0.39 is 5.67 Å². The Bertz CT molecular complexity index is 454. The summed E-state index contributed by atoms with van der Waals surface area (Å²) in [6.45, 7) is 3.12. The molecule has 0 unspecified atom stereocenters. The lowest BCUT2D eigenvalue weighted by Crippen LogP contribution is -2.08. The van der Waals surface area contributed by atoms with Crippen LogP contribution in [0.2, 0.25) is 0 Å². The molecule has 0 aliphatic rings. The largest absolute Gasteiger partial charge is 0.264 e. The summed E-state index contributed by atoms with van der Waals surface area (Å²) in [5, 5.41) is 0. The molecule has 0 bridgehead atoms. The molecule has 0 radical (unpaired) electrons. The van der Waals surface area contributed by atoms with Gasteiger partial charge in [0.25, 0.3) is 0 Å². The van der Waals surface area contributed by atoms with Crippen LogP contribution in [0.5, 0.6) is 0 Å². The molecule has 16 heavy (non-hydrogen) atoms. The van der Waals surface area contributed by atoms with E-state index in [1.165, 1.54) is 0 Å². The molecule has 0 atom stereocenters. The molecule has 1 aromatic heterocycles. The van der Waals surface area contributed by atoms with Crippen LogP contribution in [0, 0.1) is 0 Å². The van der Waals surface area contributed by atoms with Gasteiger partial charge < -0.3 is 0 Å². The fourth-order valence-electron chi connectivity index (χ4n) is 1.59. The predicted octanol–water partition coefficient (Wildman–Crippen LogP) is 3.95. The molecule has 2 rings (SSSR count). The molecule has 2 aromatic rings. The number of nitrogens with zero attached hydrogens (tertiary/aromatic N) is 1. The molecule has 2 heteroatoms. The van der Waals surface area contributed by atoms with Crippen LogP contribution in [0.1, 0.15) is 19.4 Å². The Balaban J connectivity index is 2.34. The second-order valence-corrected chi connectivity index (χ2v) is 4.29. The van der Waals surface area contributed by atoms with Crippen LogP contribution in [0.4, 0.5) is 4.39 Å². The van der Waals surface area contributed by atoms with Crippen molar-refractivity contribution >= 4 is 0 Å². The lowest BCUT2D eigenvalue weighted by atomic mass is 9.97. The van der Waals surface area contributed by atoms with E-state index in [-0.39, 0.29) is 0 Å². The second-order valence-electron chi connectivity index (χ2n) is 4.29. The quantitative estimate of drug-likeness (QED) is 0.739. The van der Waals surface area contributed by atoms with Crippen LogP contribution in [-0.2, 0) is 5.67 Å². The molecule has 1 nitrogen and oxygen atoms in total. The van der Waals surface area contributed by atoms with E-state index >= 15 is 0 Å². The van der Waals surface area contributed by atoms with Gasteiger partial charge in [-0.3, -0.25) is 4.98 Å². The van der Waals surface area contributed by atoms with Crippen LogP contribution in [-0.4, -0.2) is 4.98 Å².